The summed E-state index contributed by atoms with van der Waals surface area (Å²) in [4.78, 5) is 2.24. The minimum Gasteiger partial charge on any atom is -0.370 e. The molecule has 0 unspecified atom stereocenters. The van der Waals surface area contributed by atoms with E-state index in [1.807, 2.05) is 12.1 Å². The molecule has 1 saturated carbocycles. The molecule has 1 aliphatic carbocycles. The Kier molecular flexibility index (Phi) is 3.67. The van der Waals surface area contributed by atoms with Crippen LogP contribution in [0.1, 0.15) is 32.6 Å². The lowest BCUT2D eigenvalue weighted by molar-refractivity contribution is 0.436. The molecule has 0 aliphatic heterocycles. The van der Waals surface area contributed by atoms with Crippen LogP contribution in [0.15, 0.2) is 24.3 Å². The summed E-state index contributed by atoms with van der Waals surface area (Å²) in [6.45, 7) is 3.89. The van der Waals surface area contributed by atoms with Crippen LogP contribution in [-0.2, 0) is 0 Å². The Morgan fingerprint density at radius 3 is 2.35 bits per heavy atom. The number of nitrogens with two attached hydrogens (primary N) is 1. The lowest BCUT2D eigenvalue weighted by atomic mass is 9.98. The van der Waals surface area contributed by atoms with Crippen molar-refractivity contribution in [3.63, 3.8) is 0 Å². The smallest absolute Gasteiger partial charge is 0.123 e. The summed E-state index contributed by atoms with van der Waals surface area (Å²) in [6, 6.07) is 6.68. The molecule has 0 radical (unpaired) electrons. The Morgan fingerprint density at radius 2 is 1.82 bits per heavy atom. The van der Waals surface area contributed by atoms with E-state index in [1.54, 1.807) is 0 Å². The van der Waals surface area contributed by atoms with Crippen LogP contribution in [0.2, 0.25) is 0 Å². The van der Waals surface area contributed by atoms with Gasteiger partial charge in [0.05, 0.1) is 0 Å². The van der Waals surface area contributed by atoms with Crippen molar-refractivity contribution in [3.8, 4) is 0 Å². The summed E-state index contributed by atoms with van der Waals surface area (Å²) >= 11 is 0. The van der Waals surface area contributed by atoms with Gasteiger partial charge in [0, 0.05) is 24.3 Å². The minimum atomic E-state index is -0.187. The van der Waals surface area contributed by atoms with Gasteiger partial charge in [-0.15, -0.1) is 0 Å². The van der Waals surface area contributed by atoms with Gasteiger partial charge >= 0.3 is 0 Å². The van der Waals surface area contributed by atoms with Gasteiger partial charge in [0.2, 0.25) is 0 Å². The summed E-state index contributed by atoms with van der Waals surface area (Å²) in [6.07, 6.45) is 4.67. The Balaban J connectivity index is 2.08. The first-order valence-corrected chi connectivity index (χ1v) is 6.42. The normalized spacial score (nSPS) is 18.3. The first kappa shape index (κ1) is 12.4. The van der Waals surface area contributed by atoms with Crippen LogP contribution in [0, 0.1) is 5.82 Å². The molecule has 2 N–H and O–H groups in total. The van der Waals surface area contributed by atoms with Gasteiger partial charge in [-0.3, -0.25) is 0 Å². The highest BCUT2D eigenvalue weighted by Gasteiger charge is 2.31. The summed E-state index contributed by atoms with van der Waals surface area (Å²) in [5, 5.41) is 0. The van der Waals surface area contributed by atoms with E-state index in [2.05, 4.69) is 11.8 Å². The summed E-state index contributed by atoms with van der Waals surface area (Å²) in [5.74, 6) is -0.187. The fourth-order valence-electron chi connectivity index (χ4n) is 2.65. The molecule has 0 heterocycles. The molecule has 2 nitrogen and oxygen atoms in total. The van der Waals surface area contributed by atoms with Crippen LogP contribution in [-0.4, -0.2) is 18.6 Å². The summed E-state index contributed by atoms with van der Waals surface area (Å²) < 4.78 is 12.9. The van der Waals surface area contributed by atoms with E-state index in [-0.39, 0.29) is 11.4 Å². The van der Waals surface area contributed by atoms with Crippen molar-refractivity contribution < 1.29 is 4.39 Å². The third-order valence-corrected chi connectivity index (χ3v) is 3.68. The van der Waals surface area contributed by atoms with Crippen LogP contribution in [0.25, 0.3) is 0 Å². The largest absolute Gasteiger partial charge is 0.370 e. The Labute approximate surface area is 103 Å². The third-order valence-electron chi connectivity index (χ3n) is 3.68. The first-order chi connectivity index (χ1) is 8.13. The van der Waals surface area contributed by atoms with Crippen LogP contribution in [0.5, 0.6) is 0 Å². The zero-order valence-corrected chi connectivity index (χ0v) is 10.5. The number of halogens is 1. The van der Waals surface area contributed by atoms with Crippen molar-refractivity contribution in [1.29, 1.82) is 0 Å². The predicted octanol–water partition coefficient (Wildman–Crippen LogP) is 2.92. The van der Waals surface area contributed by atoms with Crippen LogP contribution in [0.4, 0.5) is 10.1 Å². The molecule has 0 saturated heterocycles. The first-order valence-electron chi connectivity index (χ1n) is 6.42. The number of hydrogen-bond acceptors (Lipinski definition) is 2. The van der Waals surface area contributed by atoms with Gasteiger partial charge in [0.25, 0.3) is 0 Å². The summed E-state index contributed by atoms with van der Waals surface area (Å²) in [7, 11) is 0. The number of benzene rings is 1. The molecule has 0 spiro atoms. The molecule has 94 valence electrons. The maximum Gasteiger partial charge on any atom is 0.123 e. The van der Waals surface area contributed by atoms with Crippen LogP contribution < -0.4 is 10.6 Å². The average Bonchev–Trinajstić information content (AvgIpc) is 2.75. The van der Waals surface area contributed by atoms with E-state index in [1.165, 1.54) is 25.0 Å². The van der Waals surface area contributed by atoms with Gasteiger partial charge in [-0.1, -0.05) is 12.8 Å². The zero-order chi connectivity index (χ0) is 12.3. The number of rotatable bonds is 4. The third kappa shape index (κ3) is 2.97. The highest BCUT2D eigenvalue weighted by atomic mass is 19.1. The van der Waals surface area contributed by atoms with Crippen molar-refractivity contribution in [2.24, 2.45) is 5.73 Å². The van der Waals surface area contributed by atoms with Crippen molar-refractivity contribution in [2.45, 2.75) is 38.1 Å². The van der Waals surface area contributed by atoms with E-state index in [0.29, 0.717) is 0 Å². The lowest BCUT2D eigenvalue weighted by Crippen LogP contribution is -2.48. The maximum absolute atomic E-state index is 12.9. The Hall–Kier alpha value is -1.09. The zero-order valence-electron chi connectivity index (χ0n) is 10.5. The fourth-order valence-corrected chi connectivity index (χ4v) is 2.65. The molecule has 1 aromatic rings. The van der Waals surface area contributed by atoms with E-state index in [0.717, 1.165) is 31.6 Å². The van der Waals surface area contributed by atoms with Gasteiger partial charge in [-0.25, -0.2) is 4.39 Å². The standard InChI is InChI=1S/C14H21FN2/c1-2-17(11-14(16)9-3-4-10-14)13-7-5-12(15)6-8-13/h5-8H,2-4,9-11,16H2,1H3. The van der Waals surface area contributed by atoms with E-state index >= 15 is 0 Å². The van der Waals surface area contributed by atoms with Crippen molar-refractivity contribution in [3.05, 3.63) is 30.1 Å². The molecule has 1 aromatic carbocycles. The molecular weight excluding hydrogens is 215 g/mol. The Bertz CT molecular complexity index is 355. The molecule has 0 atom stereocenters. The van der Waals surface area contributed by atoms with Gasteiger partial charge in [-0.05, 0) is 44.0 Å². The van der Waals surface area contributed by atoms with Crippen LogP contribution >= 0.6 is 0 Å². The number of nitrogens with zero attached hydrogens (tertiary/aromatic N) is 1. The van der Waals surface area contributed by atoms with Gasteiger partial charge in [-0.2, -0.15) is 0 Å². The second-order valence-electron chi connectivity index (χ2n) is 5.06. The van der Waals surface area contributed by atoms with Gasteiger partial charge in [0.1, 0.15) is 5.82 Å². The van der Waals surface area contributed by atoms with E-state index in [9.17, 15) is 4.39 Å². The maximum atomic E-state index is 12.9. The fraction of sp³-hybridized carbons (Fsp3) is 0.571. The second kappa shape index (κ2) is 5.05. The molecule has 0 amide bonds. The van der Waals surface area contributed by atoms with E-state index < -0.39 is 0 Å². The minimum absolute atomic E-state index is 0.0512. The molecule has 17 heavy (non-hydrogen) atoms. The average molecular weight is 236 g/mol. The number of likely N-dealkylation sites (N-methyl/N-ethyl adjacent to an activating group) is 1. The van der Waals surface area contributed by atoms with Crippen molar-refractivity contribution in [1.82, 2.24) is 0 Å². The molecule has 2 rings (SSSR count). The Morgan fingerprint density at radius 1 is 1.24 bits per heavy atom. The molecule has 3 heteroatoms. The predicted molar refractivity (Wildman–Crippen MR) is 69.7 cm³/mol. The monoisotopic (exact) mass is 236 g/mol. The highest BCUT2D eigenvalue weighted by Crippen LogP contribution is 2.29. The number of anilines is 1. The van der Waals surface area contributed by atoms with Gasteiger partial charge in [0.15, 0.2) is 0 Å². The quantitative estimate of drug-likeness (QED) is 0.871. The molecule has 0 aromatic heterocycles. The van der Waals surface area contributed by atoms with E-state index in [4.69, 9.17) is 5.73 Å². The highest BCUT2D eigenvalue weighted by molar-refractivity contribution is 5.46. The summed E-state index contributed by atoms with van der Waals surface area (Å²) in [5.41, 5.74) is 7.40. The van der Waals surface area contributed by atoms with Crippen molar-refractivity contribution in [2.75, 3.05) is 18.0 Å². The lowest BCUT2D eigenvalue weighted by Gasteiger charge is -2.33. The van der Waals surface area contributed by atoms with Crippen LogP contribution in [0.3, 0.4) is 0 Å². The molecule has 1 aliphatic rings. The molecule has 1 fully saturated rings. The second-order valence-corrected chi connectivity index (χ2v) is 5.06. The van der Waals surface area contributed by atoms with Crippen molar-refractivity contribution >= 4 is 5.69 Å². The number of hydrogen-bond donors (Lipinski definition) is 1. The molecular formula is C14H21FN2. The van der Waals surface area contributed by atoms with Gasteiger partial charge < -0.3 is 10.6 Å². The SMILES string of the molecule is CCN(CC1(N)CCCC1)c1ccc(F)cc1. The molecule has 0 bridgehead atoms. The topological polar surface area (TPSA) is 29.3 Å².